The van der Waals surface area contributed by atoms with Gasteiger partial charge in [0.05, 0.1) is 4.88 Å². The number of hydrogen-bond acceptors (Lipinski definition) is 3. The van der Waals surface area contributed by atoms with Gasteiger partial charge in [0.2, 0.25) is 0 Å². The first-order valence-corrected chi connectivity index (χ1v) is 11.7. The van der Waals surface area contributed by atoms with Crippen LogP contribution in [-0.4, -0.2) is 11.0 Å². The first-order valence-electron chi connectivity index (χ1n) is 10.9. The monoisotopic (exact) mass is 441 g/mol. The molecule has 0 unspecified atom stereocenters. The minimum atomic E-state index is -0.277. The zero-order chi connectivity index (χ0) is 22.5. The molecule has 4 aromatic rings. The van der Waals surface area contributed by atoms with Gasteiger partial charge < -0.3 is 5.32 Å². The zero-order valence-electron chi connectivity index (χ0n) is 18.6. The fourth-order valence-corrected chi connectivity index (χ4v) is 4.89. The summed E-state index contributed by atoms with van der Waals surface area (Å²) >= 11 is 1.59. The minimum absolute atomic E-state index is 0.277. The quantitative estimate of drug-likeness (QED) is 0.324. The number of nitrogens with one attached hydrogen (secondary N) is 2. The molecule has 0 bridgehead atoms. The summed E-state index contributed by atoms with van der Waals surface area (Å²) in [5, 5.41) is 6.99. The standard InChI is InChI=1S/C27H27N3OS/c1-4-19-15-11-16-20(5-2)23(19)28-27(31)30-25-24(22-17-10-9-12-18(22)3)32-26(29-25)21-13-7-6-8-14-21/h6-17H,4-5H2,1-3H3,(H2,28,30,31). The molecule has 4 rings (SSSR count). The number of nitrogens with zero attached hydrogens (tertiary/aromatic N) is 1. The van der Waals surface area contributed by atoms with E-state index in [1.165, 1.54) is 0 Å². The van der Waals surface area contributed by atoms with Crippen LogP contribution < -0.4 is 10.6 Å². The van der Waals surface area contributed by atoms with Crippen LogP contribution in [-0.2, 0) is 12.8 Å². The van der Waals surface area contributed by atoms with Crippen LogP contribution in [0.15, 0.2) is 72.8 Å². The molecule has 32 heavy (non-hydrogen) atoms. The van der Waals surface area contributed by atoms with E-state index < -0.39 is 0 Å². The van der Waals surface area contributed by atoms with Crippen molar-refractivity contribution in [1.29, 1.82) is 0 Å². The number of rotatable bonds is 6. The molecule has 5 heteroatoms. The van der Waals surface area contributed by atoms with Crippen LogP contribution in [0.3, 0.4) is 0 Å². The molecule has 0 saturated carbocycles. The predicted molar refractivity (Wildman–Crippen MR) is 136 cm³/mol. The van der Waals surface area contributed by atoms with Gasteiger partial charge in [-0.2, -0.15) is 0 Å². The number of carbonyl (C=O) groups excluding carboxylic acids is 1. The number of urea groups is 1. The number of aryl methyl sites for hydroxylation is 3. The summed E-state index contributed by atoms with van der Waals surface area (Å²) < 4.78 is 0. The van der Waals surface area contributed by atoms with Crippen molar-refractivity contribution in [3.8, 4) is 21.0 Å². The smallest absolute Gasteiger partial charge is 0.307 e. The molecule has 0 aliphatic rings. The molecule has 0 radical (unpaired) electrons. The summed E-state index contributed by atoms with van der Waals surface area (Å²) in [6.07, 6.45) is 1.71. The van der Waals surface area contributed by atoms with Crippen LogP contribution in [0.1, 0.15) is 30.5 Å². The van der Waals surface area contributed by atoms with Crippen LogP contribution in [0.2, 0.25) is 0 Å². The number of aromatic nitrogens is 1. The molecule has 0 aliphatic carbocycles. The lowest BCUT2D eigenvalue weighted by atomic mass is 10.0. The van der Waals surface area contributed by atoms with Crippen LogP contribution in [0.25, 0.3) is 21.0 Å². The number of thiazole rings is 1. The normalized spacial score (nSPS) is 10.7. The average molecular weight is 442 g/mol. The van der Waals surface area contributed by atoms with Crippen molar-refractivity contribution in [2.75, 3.05) is 10.6 Å². The van der Waals surface area contributed by atoms with Crippen molar-refractivity contribution in [2.24, 2.45) is 0 Å². The first-order chi connectivity index (χ1) is 15.6. The molecular formula is C27H27N3OS. The van der Waals surface area contributed by atoms with Gasteiger partial charge in [0.25, 0.3) is 0 Å². The van der Waals surface area contributed by atoms with E-state index in [1.54, 1.807) is 11.3 Å². The molecule has 0 atom stereocenters. The molecule has 4 nitrogen and oxygen atoms in total. The van der Waals surface area contributed by atoms with Crippen molar-refractivity contribution >= 4 is 28.9 Å². The third kappa shape index (κ3) is 4.58. The average Bonchev–Trinajstić information content (AvgIpc) is 3.23. The summed E-state index contributed by atoms with van der Waals surface area (Å²) in [6, 6.07) is 24.1. The maximum Gasteiger partial charge on any atom is 0.324 e. The van der Waals surface area contributed by atoms with Crippen molar-refractivity contribution < 1.29 is 4.79 Å². The van der Waals surface area contributed by atoms with Crippen LogP contribution in [0.5, 0.6) is 0 Å². The molecule has 0 spiro atoms. The molecule has 0 saturated heterocycles. The second kappa shape index (κ2) is 9.79. The van der Waals surface area contributed by atoms with Gasteiger partial charge in [-0.1, -0.05) is 86.6 Å². The fraction of sp³-hybridized carbons (Fsp3) is 0.185. The number of benzene rings is 3. The number of hydrogen-bond donors (Lipinski definition) is 2. The Morgan fingerprint density at radius 3 is 2.16 bits per heavy atom. The first kappa shape index (κ1) is 21.8. The number of anilines is 2. The minimum Gasteiger partial charge on any atom is -0.307 e. The summed E-state index contributed by atoms with van der Waals surface area (Å²) in [6.45, 7) is 6.27. The number of para-hydroxylation sites is 1. The molecule has 2 N–H and O–H groups in total. The van der Waals surface area contributed by atoms with Crippen molar-refractivity contribution in [1.82, 2.24) is 4.98 Å². The van der Waals surface area contributed by atoms with Crippen molar-refractivity contribution in [3.05, 3.63) is 89.5 Å². The fourth-order valence-electron chi connectivity index (χ4n) is 3.77. The van der Waals surface area contributed by atoms with E-state index in [-0.39, 0.29) is 6.03 Å². The third-order valence-electron chi connectivity index (χ3n) is 5.51. The number of carbonyl (C=O) groups is 1. The Morgan fingerprint density at radius 2 is 1.50 bits per heavy atom. The Labute approximate surface area is 193 Å². The SMILES string of the molecule is CCc1cccc(CC)c1NC(=O)Nc1nc(-c2ccccc2)sc1-c1ccccc1C. The van der Waals surface area contributed by atoms with Gasteiger partial charge in [0.1, 0.15) is 5.01 Å². The largest absolute Gasteiger partial charge is 0.324 e. The van der Waals surface area contributed by atoms with Crippen LogP contribution in [0, 0.1) is 6.92 Å². The van der Waals surface area contributed by atoms with E-state index in [2.05, 4.69) is 55.7 Å². The molecule has 1 heterocycles. The summed E-state index contributed by atoms with van der Waals surface area (Å²) in [5.41, 5.74) is 6.40. The molecule has 162 valence electrons. The Morgan fingerprint density at radius 1 is 0.844 bits per heavy atom. The molecule has 2 amide bonds. The van der Waals surface area contributed by atoms with Gasteiger partial charge in [0, 0.05) is 11.3 Å². The molecule has 1 aromatic heterocycles. The van der Waals surface area contributed by atoms with E-state index in [1.807, 2.05) is 48.5 Å². The lowest BCUT2D eigenvalue weighted by Crippen LogP contribution is -2.21. The molecule has 3 aromatic carbocycles. The molecular weight excluding hydrogens is 414 g/mol. The lowest BCUT2D eigenvalue weighted by molar-refractivity contribution is 0.262. The topological polar surface area (TPSA) is 54.0 Å². The van der Waals surface area contributed by atoms with Gasteiger partial charge in [-0.3, -0.25) is 5.32 Å². The predicted octanol–water partition coefficient (Wildman–Crippen LogP) is 7.55. The highest BCUT2D eigenvalue weighted by molar-refractivity contribution is 7.19. The van der Waals surface area contributed by atoms with Crippen LogP contribution in [0.4, 0.5) is 16.3 Å². The summed E-state index contributed by atoms with van der Waals surface area (Å²) in [7, 11) is 0. The maximum absolute atomic E-state index is 13.1. The molecule has 0 aliphatic heterocycles. The lowest BCUT2D eigenvalue weighted by Gasteiger charge is -2.15. The van der Waals surface area contributed by atoms with Crippen molar-refractivity contribution in [2.45, 2.75) is 33.6 Å². The molecule has 0 fully saturated rings. The van der Waals surface area contributed by atoms with E-state index in [0.29, 0.717) is 5.82 Å². The second-order valence-electron chi connectivity index (χ2n) is 7.62. The van der Waals surface area contributed by atoms with E-state index in [4.69, 9.17) is 4.98 Å². The van der Waals surface area contributed by atoms with E-state index >= 15 is 0 Å². The van der Waals surface area contributed by atoms with Gasteiger partial charge in [-0.05, 0) is 42.0 Å². The Balaban J connectivity index is 1.70. The number of amides is 2. The van der Waals surface area contributed by atoms with Crippen molar-refractivity contribution in [3.63, 3.8) is 0 Å². The Bertz CT molecular complexity index is 1210. The Kier molecular flexibility index (Phi) is 6.66. The highest BCUT2D eigenvalue weighted by atomic mass is 32.1. The zero-order valence-corrected chi connectivity index (χ0v) is 19.4. The highest BCUT2D eigenvalue weighted by Gasteiger charge is 2.19. The van der Waals surface area contributed by atoms with Gasteiger partial charge in [-0.25, -0.2) is 9.78 Å². The van der Waals surface area contributed by atoms with E-state index in [9.17, 15) is 4.79 Å². The third-order valence-corrected chi connectivity index (χ3v) is 6.64. The summed E-state index contributed by atoms with van der Waals surface area (Å²) in [5.74, 6) is 0.577. The van der Waals surface area contributed by atoms with Gasteiger partial charge in [0.15, 0.2) is 5.82 Å². The van der Waals surface area contributed by atoms with Gasteiger partial charge >= 0.3 is 6.03 Å². The summed E-state index contributed by atoms with van der Waals surface area (Å²) in [4.78, 5) is 18.8. The van der Waals surface area contributed by atoms with Crippen LogP contribution >= 0.6 is 11.3 Å². The second-order valence-corrected chi connectivity index (χ2v) is 8.61. The van der Waals surface area contributed by atoms with E-state index in [0.717, 1.165) is 56.2 Å². The maximum atomic E-state index is 13.1. The highest BCUT2D eigenvalue weighted by Crippen LogP contribution is 2.40. The van der Waals surface area contributed by atoms with Gasteiger partial charge in [-0.15, -0.1) is 11.3 Å². The Hall–Kier alpha value is -3.44.